The van der Waals surface area contributed by atoms with Crippen LogP contribution < -0.4 is 5.32 Å². The van der Waals surface area contributed by atoms with Gasteiger partial charge in [0.25, 0.3) is 0 Å². The first-order valence-electron chi connectivity index (χ1n) is 5.04. The Balaban J connectivity index is 2.57. The van der Waals surface area contributed by atoms with Crippen LogP contribution in [0.2, 0.25) is 0 Å². The van der Waals surface area contributed by atoms with Gasteiger partial charge in [-0.3, -0.25) is 10.7 Å². The van der Waals surface area contributed by atoms with E-state index in [1.165, 1.54) is 11.3 Å². The maximum Gasteiger partial charge on any atom is 0.413 e. The molecule has 94 valence electrons. The van der Waals surface area contributed by atoms with Crippen LogP contribution >= 0.6 is 27.3 Å². The van der Waals surface area contributed by atoms with E-state index in [1.807, 2.05) is 11.4 Å². The van der Waals surface area contributed by atoms with Gasteiger partial charge < -0.3 is 4.74 Å². The number of amides is 1. The lowest BCUT2D eigenvalue weighted by Crippen LogP contribution is -2.36. The lowest BCUT2D eigenvalue weighted by atomic mass is 10.2. The third kappa shape index (κ3) is 4.87. The van der Waals surface area contributed by atoms with E-state index in [9.17, 15) is 4.79 Å². The molecule has 0 radical (unpaired) electrons. The zero-order valence-electron chi connectivity index (χ0n) is 9.96. The van der Waals surface area contributed by atoms with Gasteiger partial charge in [0.15, 0.2) is 0 Å². The molecule has 1 heterocycles. The number of amidine groups is 1. The van der Waals surface area contributed by atoms with E-state index in [1.54, 1.807) is 20.8 Å². The van der Waals surface area contributed by atoms with Crippen LogP contribution in [0.1, 0.15) is 31.2 Å². The molecule has 0 fully saturated rings. The number of carbonyl (C=O) groups excluding carboxylic acids is 1. The van der Waals surface area contributed by atoms with Crippen molar-refractivity contribution in [2.75, 3.05) is 0 Å². The van der Waals surface area contributed by atoms with Crippen LogP contribution in [-0.4, -0.2) is 17.5 Å². The Hall–Kier alpha value is -0.880. The van der Waals surface area contributed by atoms with Crippen molar-refractivity contribution in [3.8, 4) is 0 Å². The van der Waals surface area contributed by atoms with Crippen LogP contribution in [0.15, 0.2) is 11.4 Å². The van der Waals surface area contributed by atoms with Crippen molar-refractivity contribution < 1.29 is 9.53 Å². The van der Waals surface area contributed by atoms with Gasteiger partial charge in [-0.05, 0) is 26.8 Å². The Morgan fingerprint density at radius 2 is 2.24 bits per heavy atom. The van der Waals surface area contributed by atoms with Gasteiger partial charge in [0.2, 0.25) is 0 Å². The van der Waals surface area contributed by atoms with Crippen molar-refractivity contribution in [1.29, 1.82) is 5.41 Å². The third-order valence-corrected chi connectivity index (χ3v) is 3.61. The van der Waals surface area contributed by atoms with Gasteiger partial charge in [0, 0.05) is 21.2 Å². The van der Waals surface area contributed by atoms with Gasteiger partial charge in [-0.2, -0.15) is 0 Å². The highest BCUT2D eigenvalue weighted by Crippen LogP contribution is 2.17. The van der Waals surface area contributed by atoms with Gasteiger partial charge in [0.1, 0.15) is 11.4 Å². The Morgan fingerprint density at radius 3 is 2.71 bits per heavy atom. The van der Waals surface area contributed by atoms with E-state index < -0.39 is 11.7 Å². The number of alkyl carbamates (subject to hydrolysis) is 1. The van der Waals surface area contributed by atoms with Crippen molar-refractivity contribution in [3.63, 3.8) is 0 Å². The summed E-state index contributed by atoms with van der Waals surface area (Å²) in [4.78, 5) is 12.5. The molecule has 1 aromatic rings. The summed E-state index contributed by atoms with van der Waals surface area (Å²) < 4.78 is 5.07. The molecule has 17 heavy (non-hydrogen) atoms. The lowest BCUT2D eigenvalue weighted by Gasteiger charge is -2.19. The van der Waals surface area contributed by atoms with Gasteiger partial charge in [-0.15, -0.1) is 11.3 Å². The van der Waals surface area contributed by atoms with Gasteiger partial charge in [-0.25, -0.2) is 4.79 Å². The fourth-order valence-electron chi connectivity index (χ4n) is 1.06. The molecule has 4 nitrogen and oxygen atoms in total. The Labute approximate surface area is 113 Å². The summed E-state index contributed by atoms with van der Waals surface area (Å²) >= 11 is 4.88. The van der Waals surface area contributed by atoms with Gasteiger partial charge in [0.05, 0.1) is 0 Å². The number of rotatable bonds is 2. The number of hydrogen-bond acceptors (Lipinski definition) is 4. The van der Waals surface area contributed by atoms with Crippen molar-refractivity contribution in [2.45, 2.75) is 31.7 Å². The minimum absolute atomic E-state index is 0.0581. The van der Waals surface area contributed by atoms with Crippen LogP contribution in [0.4, 0.5) is 4.79 Å². The Bertz CT molecular complexity index is 423. The lowest BCUT2D eigenvalue weighted by molar-refractivity contribution is 0.0563. The molecular weight excluding hydrogens is 304 g/mol. The first-order valence-corrected chi connectivity index (χ1v) is 7.04. The number of hydrogen-bond donors (Lipinski definition) is 2. The molecule has 6 heteroatoms. The SMILES string of the molecule is CC(C)(C)OC(=O)NC(=N)c1csc(CBr)c1. The van der Waals surface area contributed by atoms with E-state index >= 15 is 0 Å². The zero-order chi connectivity index (χ0) is 13.1. The van der Waals surface area contributed by atoms with Crippen molar-refractivity contribution in [1.82, 2.24) is 5.32 Å². The minimum Gasteiger partial charge on any atom is -0.444 e. The summed E-state index contributed by atoms with van der Waals surface area (Å²) in [5.41, 5.74) is 0.135. The fraction of sp³-hybridized carbons (Fsp3) is 0.455. The molecule has 0 aromatic carbocycles. The molecule has 0 aliphatic heterocycles. The van der Waals surface area contributed by atoms with Crippen molar-refractivity contribution in [3.05, 3.63) is 21.9 Å². The fourth-order valence-corrected chi connectivity index (χ4v) is 2.34. The number of thiophene rings is 1. The molecule has 0 unspecified atom stereocenters. The summed E-state index contributed by atoms with van der Waals surface area (Å²) in [6.07, 6.45) is -0.603. The highest BCUT2D eigenvalue weighted by atomic mass is 79.9. The van der Waals surface area contributed by atoms with Crippen molar-refractivity contribution in [2.24, 2.45) is 0 Å². The van der Waals surface area contributed by atoms with E-state index in [4.69, 9.17) is 10.1 Å². The van der Waals surface area contributed by atoms with E-state index in [-0.39, 0.29) is 5.84 Å². The average molecular weight is 319 g/mol. The topological polar surface area (TPSA) is 62.2 Å². The smallest absolute Gasteiger partial charge is 0.413 e. The monoisotopic (exact) mass is 318 g/mol. The van der Waals surface area contributed by atoms with Crippen LogP contribution in [-0.2, 0) is 10.1 Å². The summed E-state index contributed by atoms with van der Waals surface area (Å²) in [6, 6.07) is 1.86. The number of nitrogens with one attached hydrogen (secondary N) is 2. The second kappa shape index (κ2) is 5.64. The molecule has 0 aliphatic rings. The molecule has 0 aliphatic carbocycles. The summed E-state index contributed by atoms with van der Waals surface area (Å²) in [7, 11) is 0. The maximum atomic E-state index is 11.4. The second-order valence-corrected chi connectivity index (χ2v) is 5.99. The third-order valence-electron chi connectivity index (χ3n) is 1.70. The molecule has 0 spiro atoms. The van der Waals surface area contributed by atoms with Crippen LogP contribution in [0.5, 0.6) is 0 Å². The van der Waals surface area contributed by atoms with Crippen LogP contribution in [0.3, 0.4) is 0 Å². The minimum atomic E-state index is -0.603. The second-order valence-electron chi connectivity index (χ2n) is 4.44. The summed E-state index contributed by atoms with van der Waals surface area (Å²) in [5, 5.41) is 12.7. The molecule has 1 amide bonds. The molecule has 0 atom stereocenters. The zero-order valence-corrected chi connectivity index (χ0v) is 12.4. The van der Waals surface area contributed by atoms with E-state index in [0.29, 0.717) is 5.56 Å². The molecule has 0 saturated carbocycles. The molecule has 1 aromatic heterocycles. The van der Waals surface area contributed by atoms with Crippen molar-refractivity contribution >= 4 is 39.2 Å². The molecule has 0 saturated heterocycles. The highest BCUT2D eigenvalue weighted by Gasteiger charge is 2.17. The first kappa shape index (κ1) is 14.2. The molecule has 0 bridgehead atoms. The predicted octanol–water partition coefficient (Wildman–Crippen LogP) is 3.49. The molecule has 2 N–H and O–H groups in total. The van der Waals surface area contributed by atoms with Gasteiger partial charge >= 0.3 is 6.09 Å². The molecule has 1 rings (SSSR count). The number of alkyl halides is 1. The average Bonchev–Trinajstić information content (AvgIpc) is 2.62. The summed E-state index contributed by atoms with van der Waals surface area (Å²) in [5.74, 6) is 0.0581. The predicted molar refractivity (Wildman–Crippen MR) is 73.1 cm³/mol. The number of carbonyl (C=O) groups is 1. The standard InChI is InChI=1S/C11H15BrN2O2S/c1-11(2,3)16-10(15)14-9(13)7-4-8(5-12)17-6-7/h4,6H,5H2,1-3H3,(H2,13,14,15). The number of ether oxygens (including phenoxy) is 1. The maximum absolute atomic E-state index is 11.4. The quantitative estimate of drug-likeness (QED) is 0.498. The van der Waals surface area contributed by atoms with E-state index in [2.05, 4.69) is 21.2 Å². The van der Waals surface area contributed by atoms with E-state index in [0.717, 1.165) is 10.2 Å². The Morgan fingerprint density at radius 1 is 1.59 bits per heavy atom. The first-order chi connectivity index (χ1) is 7.81. The van der Waals surface area contributed by atoms with Gasteiger partial charge in [-0.1, -0.05) is 15.9 Å². The highest BCUT2D eigenvalue weighted by molar-refractivity contribution is 9.08. The molecular formula is C11H15BrN2O2S. The van der Waals surface area contributed by atoms with Crippen LogP contribution in [0, 0.1) is 5.41 Å². The number of halogens is 1. The summed E-state index contributed by atoms with van der Waals surface area (Å²) in [6.45, 7) is 5.34. The largest absolute Gasteiger partial charge is 0.444 e. The normalized spacial score (nSPS) is 11.1. The van der Waals surface area contributed by atoms with Crippen LogP contribution in [0.25, 0.3) is 0 Å². The Kier molecular flexibility index (Phi) is 4.70.